The molecule has 6 nitrogen and oxygen atoms in total. The van der Waals surface area contributed by atoms with Gasteiger partial charge in [-0.1, -0.05) is 46.3 Å². The second-order valence-electron chi connectivity index (χ2n) is 5.05. The standard InChI is InChI=1S/C17H14BrN3O3/c18-13-6-2-1-5-12(13)9-19-20-16(22)10-21-14-7-3-4-8-15(14)24-11-17(21)23/h1-9H,10-11H2,(H,20,22)/b19-9-. The summed E-state index contributed by atoms with van der Waals surface area (Å²) in [5.41, 5.74) is 3.85. The van der Waals surface area contributed by atoms with Gasteiger partial charge in [-0.25, -0.2) is 5.43 Å². The Morgan fingerprint density at radius 2 is 2.00 bits per heavy atom. The van der Waals surface area contributed by atoms with Crippen molar-refractivity contribution in [1.82, 2.24) is 5.43 Å². The molecule has 0 unspecified atom stereocenters. The zero-order valence-corrected chi connectivity index (χ0v) is 14.2. The van der Waals surface area contributed by atoms with Crippen molar-refractivity contribution in [2.45, 2.75) is 0 Å². The second kappa shape index (κ2) is 7.27. The van der Waals surface area contributed by atoms with Gasteiger partial charge in [-0.15, -0.1) is 0 Å². The van der Waals surface area contributed by atoms with E-state index in [1.54, 1.807) is 18.2 Å². The molecule has 1 aliphatic heterocycles. The lowest BCUT2D eigenvalue weighted by molar-refractivity contribution is -0.125. The van der Waals surface area contributed by atoms with Crippen LogP contribution in [-0.2, 0) is 9.59 Å². The van der Waals surface area contributed by atoms with Crippen molar-refractivity contribution < 1.29 is 14.3 Å². The molecular weight excluding hydrogens is 374 g/mol. The van der Waals surface area contributed by atoms with E-state index in [-0.39, 0.29) is 25.0 Å². The van der Waals surface area contributed by atoms with E-state index < -0.39 is 0 Å². The van der Waals surface area contributed by atoms with Crippen molar-refractivity contribution in [3.63, 3.8) is 0 Å². The predicted molar refractivity (Wildman–Crippen MR) is 94.2 cm³/mol. The van der Waals surface area contributed by atoms with Gasteiger partial charge >= 0.3 is 0 Å². The molecule has 2 aromatic rings. The number of amides is 2. The quantitative estimate of drug-likeness (QED) is 0.646. The van der Waals surface area contributed by atoms with Crippen LogP contribution < -0.4 is 15.1 Å². The summed E-state index contributed by atoms with van der Waals surface area (Å²) in [5, 5.41) is 3.93. The third-order valence-corrected chi connectivity index (χ3v) is 4.13. The number of hydrogen-bond donors (Lipinski definition) is 1. The first kappa shape index (κ1) is 16.2. The Morgan fingerprint density at radius 3 is 2.83 bits per heavy atom. The normalized spacial score (nSPS) is 13.5. The molecule has 24 heavy (non-hydrogen) atoms. The van der Waals surface area contributed by atoms with Crippen LogP contribution in [0.1, 0.15) is 5.56 Å². The lowest BCUT2D eigenvalue weighted by Crippen LogP contribution is -2.44. The maximum atomic E-state index is 12.1. The average molecular weight is 388 g/mol. The van der Waals surface area contributed by atoms with Gasteiger partial charge < -0.3 is 4.74 Å². The number of hydrazone groups is 1. The van der Waals surface area contributed by atoms with Crippen LogP contribution in [0.15, 0.2) is 58.1 Å². The molecule has 0 bridgehead atoms. The molecule has 3 rings (SSSR count). The van der Waals surface area contributed by atoms with Crippen molar-refractivity contribution in [3.8, 4) is 5.75 Å². The smallest absolute Gasteiger partial charge is 0.265 e. The molecule has 2 amide bonds. The van der Waals surface area contributed by atoms with Crippen molar-refractivity contribution in [2.24, 2.45) is 5.10 Å². The van der Waals surface area contributed by atoms with Crippen molar-refractivity contribution in [1.29, 1.82) is 0 Å². The van der Waals surface area contributed by atoms with Crippen LogP contribution in [0.3, 0.4) is 0 Å². The summed E-state index contributed by atoms with van der Waals surface area (Å²) in [6.45, 7) is -0.197. The number of carbonyl (C=O) groups is 2. The number of fused-ring (bicyclic) bond motifs is 1. The van der Waals surface area contributed by atoms with Crippen LogP contribution in [0.4, 0.5) is 5.69 Å². The summed E-state index contributed by atoms with van der Waals surface area (Å²) < 4.78 is 6.22. The van der Waals surface area contributed by atoms with Gasteiger partial charge in [0.05, 0.1) is 11.9 Å². The highest BCUT2D eigenvalue weighted by molar-refractivity contribution is 9.10. The highest BCUT2D eigenvalue weighted by Crippen LogP contribution is 2.31. The first-order chi connectivity index (χ1) is 11.6. The molecule has 1 heterocycles. The van der Waals surface area contributed by atoms with Gasteiger partial charge in [0.15, 0.2) is 6.61 Å². The zero-order chi connectivity index (χ0) is 16.9. The lowest BCUT2D eigenvalue weighted by atomic mass is 10.2. The summed E-state index contributed by atoms with van der Waals surface area (Å²) in [6.07, 6.45) is 1.54. The minimum Gasteiger partial charge on any atom is -0.482 e. The largest absolute Gasteiger partial charge is 0.482 e. The van der Waals surface area contributed by atoms with Gasteiger partial charge in [0.1, 0.15) is 12.3 Å². The fraction of sp³-hybridized carbons (Fsp3) is 0.118. The molecule has 0 atom stereocenters. The van der Waals surface area contributed by atoms with Gasteiger partial charge in [0.25, 0.3) is 11.8 Å². The van der Waals surface area contributed by atoms with Crippen LogP contribution in [0.25, 0.3) is 0 Å². The van der Waals surface area contributed by atoms with Gasteiger partial charge in [0.2, 0.25) is 0 Å². The fourth-order valence-electron chi connectivity index (χ4n) is 2.26. The Balaban J connectivity index is 1.65. The van der Waals surface area contributed by atoms with E-state index in [1.165, 1.54) is 11.1 Å². The molecular formula is C17H14BrN3O3. The van der Waals surface area contributed by atoms with E-state index in [0.717, 1.165) is 10.0 Å². The highest BCUT2D eigenvalue weighted by Gasteiger charge is 2.26. The molecule has 0 aliphatic carbocycles. The Kier molecular flexibility index (Phi) is 4.90. The third-order valence-electron chi connectivity index (χ3n) is 3.41. The molecule has 1 aliphatic rings. The van der Waals surface area contributed by atoms with Crippen LogP contribution >= 0.6 is 15.9 Å². The van der Waals surface area contributed by atoms with Gasteiger partial charge in [-0.05, 0) is 18.2 Å². The highest BCUT2D eigenvalue weighted by atomic mass is 79.9. The third kappa shape index (κ3) is 3.62. The Hall–Kier alpha value is -2.67. The Bertz CT molecular complexity index is 807. The molecule has 0 saturated carbocycles. The van der Waals surface area contributed by atoms with Gasteiger partial charge in [-0.2, -0.15) is 5.10 Å². The maximum absolute atomic E-state index is 12.1. The topological polar surface area (TPSA) is 71.0 Å². The zero-order valence-electron chi connectivity index (χ0n) is 12.6. The van der Waals surface area contributed by atoms with Crippen molar-refractivity contribution in [3.05, 3.63) is 58.6 Å². The Morgan fingerprint density at radius 1 is 1.25 bits per heavy atom. The van der Waals surface area contributed by atoms with Crippen LogP contribution in [-0.4, -0.2) is 31.2 Å². The molecule has 0 radical (unpaired) electrons. The fourth-order valence-corrected chi connectivity index (χ4v) is 2.65. The number of halogens is 1. The summed E-state index contributed by atoms with van der Waals surface area (Å²) in [7, 11) is 0. The SMILES string of the molecule is O=C(CN1C(=O)COc2ccccc21)N/N=C\c1ccccc1Br. The van der Waals surface area contributed by atoms with Gasteiger partial charge in [0, 0.05) is 10.0 Å². The number of hydrogen-bond acceptors (Lipinski definition) is 4. The molecule has 0 fully saturated rings. The number of anilines is 1. The van der Waals surface area contributed by atoms with E-state index in [1.807, 2.05) is 30.3 Å². The maximum Gasteiger partial charge on any atom is 0.265 e. The second-order valence-corrected chi connectivity index (χ2v) is 5.91. The molecule has 2 aromatic carbocycles. The monoisotopic (exact) mass is 387 g/mol. The van der Waals surface area contributed by atoms with Crippen LogP contribution in [0, 0.1) is 0 Å². The first-order valence-corrected chi connectivity index (χ1v) is 8.03. The number of ether oxygens (including phenoxy) is 1. The first-order valence-electron chi connectivity index (χ1n) is 7.24. The predicted octanol–water partition coefficient (Wildman–Crippen LogP) is 2.32. The minimum atomic E-state index is -0.386. The Labute approximate surface area is 147 Å². The van der Waals surface area contributed by atoms with Gasteiger partial charge in [-0.3, -0.25) is 14.5 Å². The molecule has 0 spiro atoms. The number of para-hydroxylation sites is 2. The van der Waals surface area contributed by atoms with E-state index in [9.17, 15) is 9.59 Å². The molecule has 7 heteroatoms. The lowest BCUT2D eigenvalue weighted by Gasteiger charge is -2.28. The summed E-state index contributed by atoms with van der Waals surface area (Å²) in [5.74, 6) is -0.0661. The summed E-state index contributed by atoms with van der Waals surface area (Å²) in [6, 6.07) is 14.6. The van der Waals surface area contributed by atoms with E-state index in [2.05, 4.69) is 26.5 Å². The summed E-state index contributed by atoms with van der Waals surface area (Å²) in [4.78, 5) is 25.5. The van der Waals surface area contributed by atoms with Crippen molar-refractivity contribution in [2.75, 3.05) is 18.1 Å². The molecule has 1 N–H and O–H groups in total. The number of benzene rings is 2. The van der Waals surface area contributed by atoms with Crippen molar-refractivity contribution >= 4 is 39.6 Å². The molecule has 0 aromatic heterocycles. The van der Waals surface area contributed by atoms with E-state index in [0.29, 0.717) is 11.4 Å². The number of nitrogens with zero attached hydrogens (tertiary/aromatic N) is 2. The summed E-state index contributed by atoms with van der Waals surface area (Å²) >= 11 is 3.40. The van der Waals surface area contributed by atoms with Crippen LogP contribution in [0.5, 0.6) is 5.75 Å². The number of nitrogens with one attached hydrogen (secondary N) is 1. The van der Waals surface area contributed by atoms with E-state index in [4.69, 9.17) is 4.74 Å². The number of carbonyl (C=O) groups excluding carboxylic acids is 2. The minimum absolute atomic E-state index is 0.0788. The molecule has 0 saturated heterocycles. The van der Waals surface area contributed by atoms with E-state index >= 15 is 0 Å². The molecule has 122 valence electrons. The average Bonchev–Trinajstić information content (AvgIpc) is 2.59. The van der Waals surface area contributed by atoms with Crippen LogP contribution in [0.2, 0.25) is 0 Å². The number of rotatable bonds is 4.